The summed E-state index contributed by atoms with van der Waals surface area (Å²) in [4.78, 5) is 2.10. The fourth-order valence-electron chi connectivity index (χ4n) is 1.52. The largest absolute Gasteiger partial charge is 0.393 e. The molecule has 0 amide bonds. The Bertz CT molecular complexity index is 412. The van der Waals surface area contributed by atoms with Gasteiger partial charge in [0.15, 0.2) is 0 Å². The Kier molecular flexibility index (Phi) is 5.43. The number of nitrogens with zero attached hydrogens (tertiary/aromatic N) is 2. The highest BCUT2D eigenvalue weighted by atomic mass is 35.5. The monoisotopic (exact) mass is 252 g/mol. The van der Waals surface area contributed by atoms with Crippen molar-refractivity contribution in [3.8, 4) is 6.07 Å². The van der Waals surface area contributed by atoms with Gasteiger partial charge in [-0.05, 0) is 38.1 Å². The Balaban J connectivity index is 2.60. The highest BCUT2D eigenvalue weighted by Crippen LogP contribution is 2.19. The van der Waals surface area contributed by atoms with Crippen molar-refractivity contribution in [2.24, 2.45) is 0 Å². The molecule has 0 heterocycles. The molecule has 17 heavy (non-hydrogen) atoms. The second kappa shape index (κ2) is 6.61. The maximum Gasteiger partial charge on any atom is 0.0992 e. The molecular weight excluding hydrogens is 236 g/mol. The molecule has 3 nitrogen and oxygen atoms in total. The zero-order chi connectivity index (χ0) is 12.8. The molecule has 0 aliphatic heterocycles. The van der Waals surface area contributed by atoms with Crippen LogP contribution >= 0.6 is 11.6 Å². The highest BCUT2D eigenvalue weighted by molar-refractivity contribution is 6.31. The fraction of sp³-hybridized carbons (Fsp3) is 0.462. The third-order valence-corrected chi connectivity index (χ3v) is 2.90. The highest BCUT2D eigenvalue weighted by Gasteiger charge is 2.06. The summed E-state index contributed by atoms with van der Waals surface area (Å²) in [6.45, 7) is 3.31. The minimum absolute atomic E-state index is 0.283. The van der Waals surface area contributed by atoms with E-state index >= 15 is 0 Å². The lowest BCUT2D eigenvalue weighted by atomic mass is 10.1. The number of nitriles is 1. The van der Waals surface area contributed by atoms with Crippen LogP contribution in [0.4, 0.5) is 0 Å². The van der Waals surface area contributed by atoms with Crippen molar-refractivity contribution in [1.29, 1.82) is 5.26 Å². The first-order valence-electron chi connectivity index (χ1n) is 5.58. The molecule has 1 aromatic carbocycles. The van der Waals surface area contributed by atoms with E-state index in [1.54, 1.807) is 19.1 Å². The Morgan fingerprint density at radius 1 is 1.53 bits per heavy atom. The second-order valence-electron chi connectivity index (χ2n) is 4.29. The molecule has 0 spiro atoms. The predicted octanol–water partition coefficient (Wildman–Crippen LogP) is 2.41. The SMILES string of the molecule is CC(O)CCN(C)Cc1ccc(C#N)cc1Cl. The summed E-state index contributed by atoms with van der Waals surface area (Å²) in [5, 5.41) is 18.6. The third kappa shape index (κ3) is 4.74. The van der Waals surface area contributed by atoms with Gasteiger partial charge in [-0.15, -0.1) is 0 Å². The molecule has 1 atom stereocenters. The number of hydrogen-bond donors (Lipinski definition) is 1. The molecule has 92 valence electrons. The lowest BCUT2D eigenvalue weighted by molar-refractivity contribution is 0.163. The summed E-state index contributed by atoms with van der Waals surface area (Å²) in [5.74, 6) is 0. The van der Waals surface area contributed by atoms with Crippen LogP contribution < -0.4 is 0 Å². The van der Waals surface area contributed by atoms with Crippen molar-refractivity contribution in [2.75, 3.05) is 13.6 Å². The number of halogens is 1. The Labute approximate surface area is 107 Å². The normalized spacial score (nSPS) is 12.5. The van der Waals surface area contributed by atoms with Crippen LogP contribution in [0.5, 0.6) is 0 Å². The molecule has 0 fully saturated rings. The molecule has 0 radical (unpaired) electrons. The topological polar surface area (TPSA) is 47.3 Å². The zero-order valence-corrected chi connectivity index (χ0v) is 10.9. The van der Waals surface area contributed by atoms with Crippen molar-refractivity contribution >= 4 is 11.6 Å². The van der Waals surface area contributed by atoms with Gasteiger partial charge in [0, 0.05) is 18.1 Å². The molecule has 1 unspecified atom stereocenters. The predicted molar refractivity (Wildman–Crippen MR) is 68.8 cm³/mol. The van der Waals surface area contributed by atoms with E-state index in [2.05, 4.69) is 11.0 Å². The molecule has 1 N–H and O–H groups in total. The van der Waals surface area contributed by atoms with E-state index in [9.17, 15) is 5.11 Å². The molecule has 0 saturated heterocycles. The zero-order valence-electron chi connectivity index (χ0n) is 10.2. The molecule has 1 rings (SSSR count). The van der Waals surface area contributed by atoms with E-state index < -0.39 is 0 Å². The number of benzene rings is 1. The smallest absolute Gasteiger partial charge is 0.0992 e. The maximum absolute atomic E-state index is 9.20. The molecule has 0 aliphatic rings. The van der Waals surface area contributed by atoms with Crippen molar-refractivity contribution in [1.82, 2.24) is 4.90 Å². The van der Waals surface area contributed by atoms with Crippen molar-refractivity contribution in [2.45, 2.75) is 26.0 Å². The minimum Gasteiger partial charge on any atom is -0.393 e. The fourth-order valence-corrected chi connectivity index (χ4v) is 1.76. The van der Waals surface area contributed by atoms with Crippen LogP contribution in [0.25, 0.3) is 0 Å². The van der Waals surface area contributed by atoms with Gasteiger partial charge in [0.25, 0.3) is 0 Å². The van der Waals surface area contributed by atoms with Gasteiger partial charge in [0.1, 0.15) is 0 Å². The van der Waals surface area contributed by atoms with Crippen LogP contribution in [0.2, 0.25) is 5.02 Å². The lowest BCUT2D eigenvalue weighted by Gasteiger charge is -2.18. The minimum atomic E-state index is -0.283. The Hall–Kier alpha value is -1.08. The van der Waals surface area contributed by atoms with Gasteiger partial charge in [-0.3, -0.25) is 0 Å². The maximum atomic E-state index is 9.20. The molecule has 0 aromatic heterocycles. The van der Waals surface area contributed by atoms with Gasteiger partial charge in [0.05, 0.1) is 17.7 Å². The van der Waals surface area contributed by atoms with Crippen molar-refractivity contribution in [3.63, 3.8) is 0 Å². The molecule has 4 heteroatoms. The number of hydrogen-bond acceptors (Lipinski definition) is 3. The summed E-state index contributed by atoms with van der Waals surface area (Å²) in [6, 6.07) is 7.38. The van der Waals surface area contributed by atoms with Crippen molar-refractivity contribution in [3.05, 3.63) is 34.3 Å². The summed E-state index contributed by atoms with van der Waals surface area (Å²) < 4.78 is 0. The van der Waals surface area contributed by atoms with Gasteiger partial charge in [-0.2, -0.15) is 5.26 Å². The summed E-state index contributed by atoms with van der Waals surface area (Å²) in [6.07, 6.45) is 0.457. The standard InChI is InChI=1S/C13H17ClN2O/c1-10(17)5-6-16(2)9-12-4-3-11(8-15)7-13(12)14/h3-4,7,10,17H,5-6,9H2,1-2H3. The first-order valence-corrected chi connectivity index (χ1v) is 5.96. The third-order valence-electron chi connectivity index (χ3n) is 2.55. The Morgan fingerprint density at radius 3 is 2.76 bits per heavy atom. The number of rotatable bonds is 5. The van der Waals surface area contributed by atoms with Crippen LogP contribution in [0.3, 0.4) is 0 Å². The summed E-state index contributed by atoms with van der Waals surface area (Å²) >= 11 is 6.09. The average Bonchev–Trinajstić information content (AvgIpc) is 2.29. The molecular formula is C13H17ClN2O. The Morgan fingerprint density at radius 2 is 2.24 bits per heavy atom. The summed E-state index contributed by atoms with van der Waals surface area (Å²) in [7, 11) is 1.98. The number of aliphatic hydroxyl groups excluding tert-OH is 1. The van der Waals surface area contributed by atoms with Crippen LogP contribution in [-0.2, 0) is 6.54 Å². The van der Waals surface area contributed by atoms with Crippen LogP contribution in [0.15, 0.2) is 18.2 Å². The molecule has 0 saturated carbocycles. The number of aliphatic hydroxyl groups is 1. The second-order valence-corrected chi connectivity index (χ2v) is 4.70. The van der Waals surface area contributed by atoms with E-state index in [-0.39, 0.29) is 6.10 Å². The average molecular weight is 253 g/mol. The van der Waals surface area contributed by atoms with E-state index in [0.717, 1.165) is 25.1 Å². The van der Waals surface area contributed by atoms with Gasteiger partial charge >= 0.3 is 0 Å². The molecule has 0 aliphatic carbocycles. The van der Waals surface area contributed by atoms with Crippen LogP contribution in [-0.4, -0.2) is 29.7 Å². The summed E-state index contributed by atoms with van der Waals surface area (Å²) in [5.41, 5.74) is 1.57. The van der Waals surface area contributed by atoms with Gasteiger partial charge in [-0.25, -0.2) is 0 Å². The van der Waals surface area contributed by atoms with Crippen LogP contribution in [0, 0.1) is 11.3 Å². The van der Waals surface area contributed by atoms with Crippen LogP contribution in [0.1, 0.15) is 24.5 Å². The van der Waals surface area contributed by atoms with Gasteiger partial charge in [0.2, 0.25) is 0 Å². The van der Waals surface area contributed by atoms with Crippen molar-refractivity contribution < 1.29 is 5.11 Å². The quantitative estimate of drug-likeness (QED) is 0.876. The van der Waals surface area contributed by atoms with E-state index in [4.69, 9.17) is 16.9 Å². The first kappa shape index (κ1) is 14.0. The van der Waals surface area contributed by atoms with E-state index in [1.807, 2.05) is 13.1 Å². The molecule has 0 bridgehead atoms. The van der Waals surface area contributed by atoms with E-state index in [1.165, 1.54) is 0 Å². The van der Waals surface area contributed by atoms with Gasteiger partial charge in [-0.1, -0.05) is 17.7 Å². The lowest BCUT2D eigenvalue weighted by Crippen LogP contribution is -2.22. The van der Waals surface area contributed by atoms with E-state index in [0.29, 0.717) is 10.6 Å². The molecule has 1 aromatic rings. The van der Waals surface area contributed by atoms with Gasteiger partial charge < -0.3 is 10.0 Å². The first-order chi connectivity index (χ1) is 8.02.